The van der Waals surface area contributed by atoms with Gasteiger partial charge >= 0.3 is 0 Å². The van der Waals surface area contributed by atoms with Crippen LogP contribution < -0.4 is 5.32 Å². The topological polar surface area (TPSA) is 45.2 Å². The van der Waals surface area contributed by atoms with Crippen LogP contribution in [0.5, 0.6) is 0 Å². The second-order valence-corrected chi connectivity index (χ2v) is 6.21. The summed E-state index contributed by atoms with van der Waals surface area (Å²) >= 11 is 6.09. The zero-order chi connectivity index (χ0) is 14.6. The first-order chi connectivity index (χ1) is 8.74. The molecule has 0 bridgehead atoms. The fourth-order valence-corrected chi connectivity index (χ4v) is 2.09. The first-order valence-corrected chi connectivity index (χ1v) is 6.77. The number of pyridine rings is 1. The Bertz CT molecular complexity index is 454. The van der Waals surface area contributed by atoms with Gasteiger partial charge in [0.1, 0.15) is 5.82 Å². The smallest absolute Gasteiger partial charge is 0.255 e. The summed E-state index contributed by atoms with van der Waals surface area (Å²) in [4.78, 5) is 18.1. The quantitative estimate of drug-likeness (QED) is 0.922. The summed E-state index contributed by atoms with van der Waals surface area (Å²) < 4.78 is 0. The number of anilines is 1. The number of carbonyl (C=O) groups is 1. The molecule has 0 atom stereocenters. The van der Waals surface area contributed by atoms with E-state index in [1.807, 2.05) is 6.92 Å². The molecule has 1 heterocycles. The van der Waals surface area contributed by atoms with Crippen molar-refractivity contribution in [3.8, 4) is 0 Å². The van der Waals surface area contributed by atoms with Gasteiger partial charge in [0, 0.05) is 26.3 Å². The van der Waals surface area contributed by atoms with Crippen molar-refractivity contribution in [3.05, 3.63) is 22.8 Å². The Balaban J connectivity index is 2.86. The average molecular weight is 284 g/mol. The number of carbonyl (C=O) groups excluding carboxylic acids is 1. The molecule has 0 saturated heterocycles. The maximum absolute atomic E-state index is 12.3. The van der Waals surface area contributed by atoms with E-state index in [-0.39, 0.29) is 11.3 Å². The number of aromatic nitrogens is 1. The molecule has 0 spiro atoms. The van der Waals surface area contributed by atoms with Gasteiger partial charge in [-0.25, -0.2) is 4.98 Å². The van der Waals surface area contributed by atoms with Crippen LogP contribution in [0.25, 0.3) is 0 Å². The zero-order valence-corrected chi connectivity index (χ0v) is 13.0. The van der Waals surface area contributed by atoms with Gasteiger partial charge in [0.05, 0.1) is 10.6 Å². The minimum atomic E-state index is -0.0626. The van der Waals surface area contributed by atoms with Crippen LogP contribution in [0.1, 0.15) is 38.1 Å². The van der Waals surface area contributed by atoms with Gasteiger partial charge in [-0.2, -0.15) is 0 Å². The Kier molecular flexibility index (Phi) is 5.18. The van der Waals surface area contributed by atoms with Crippen molar-refractivity contribution < 1.29 is 4.79 Å². The van der Waals surface area contributed by atoms with Crippen molar-refractivity contribution in [2.75, 3.05) is 25.5 Å². The summed E-state index contributed by atoms with van der Waals surface area (Å²) in [6.07, 6.45) is 1.56. The molecule has 19 heavy (non-hydrogen) atoms. The fraction of sp³-hybridized carbons (Fsp3) is 0.571. The molecule has 0 aromatic carbocycles. The second-order valence-electron chi connectivity index (χ2n) is 5.81. The molecule has 0 saturated carbocycles. The van der Waals surface area contributed by atoms with E-state index in [1.54, 1.807) is 24.2 Å². The molecular formula is C14H22ClN3O. The van der Waals surface area contributed by atoms with Crippen LogP contribution in [0, 0.1) is 5.41 Å². The standard InChI is InChI=1S/C14H22ClN3O/c1-6-16-12-11(15)7-10(8-17-12)13(19)18(5)9-14(2,3)4/h7-8H,6,9H2,1-5H3,(H,16,17). The van der Waals surface area contributed by atoms with Gasteiger partial charge in [-0.1, -0.05) is 32.4 Å². The molecular weight excluding hydrogens is 262 g/mol. The molecule has 0 fully saturated rings. The lowest BCUT2D eigenvalue weighted by molar-refractivity contribution is 0.0745. The summed E-state index contributed by atoms with van der Waals surface area (Å²) in [5.74, 6) is 0.548. The number of hydrogen-bond donors (Lipinski definition) is 1. The molecule has 1 aromatic heterocycles. The third-order valence-corrected chi connectivity index (χ3v) is 2.78. The minimum Gasteiger partial charge on any atom is -0.369 e. The number of nitrogens with one attached hydrogen (secondary N) is 1. The predicted molar refractivity (Wildman–Crippen MR) is 79.8 cm³/mol. The maximum atomic E-state index is 12.3. The van der Waals surface area contributed by atoms with Crippen LogP contribution in [-0.2, 0) is 0 Å². The van der Waals surface area contributed by atoms with Gasteiger partial charge in [0.25, 0.3) is 5.91 Å². The van der Waals surface area contributed by atoms with Gasteiger partial charge in [-0.15, -0.1) is 0 Å². The molecule has 1 N–H and O–H groups in total. The molecule has 0 aliphatic carbocycles. The fourth-order valence-electron chi connectivity index (χ4n) is 1.86. The number of amides is 1. The Labute approximate surface area is 120 Å². The number of halogens is 1. The average Bonchev–Trinajstić information content (AvgIpc) is 2.29. The third-order valence-electron chi connectivity index (χ3n) is 2.49. The monoisotopic (exact) mass is 283 g/mol. The van der Waals surface area contributed by atoms with E-state index in [4.69, 9.17) is 11.6 Å². The molecule has 106 valence electrons. The van der Waals surface area contributed by atoms with E-state index in [9.17, 15) is 4.79 Å². The lowest BCUT2D eigenvalue weighted by Gasteiger charge is -2.26. The Morgan fingerprint density at radius 1 is 1.47 bits per heavy atom. The molecule has 0 unspecified atom stereocenters. The van der Waals surface area contributed by atoms with Crippen molar-refractivity contribution in [2.24, 2.45) is 5.41 Å². The van der Waals surface area contributed by atoms with Crippen molar-refractivity contribution in [2.45, 2.75) is 27.7 Å². The highest BCUT2D eigenvalue weighted by Crippen LogP contribution is 2.21. The van der Waals surface area contributed by atoms with Gasteiger partial charge < -0.3 is 10.2 Å². The van der Waals surface area contributed by atoms with Crippen molar-refractivity contribution in [1.29, 1.82) is 0 Å². The van der Waals surface area contributed by atoms with E-state index in [1.165, 1.54) is 0 Å². The summed E-state index contributed by atoms with van der Waals surface area (Å²) in [5.41, 5.74) is 0.573. The van der Waals surface area contributed by atoms with Crippen LogP contribution in [-0.4, -0.2) is 35.9 Å². The lowest BCUT2D eigenvalue weighted by Crippen LogP contribution is -2.34. The van der Waals surface area contributed by atoms with Crippen molar-refractivity contribution >= 4 is 23.3 Å². The molecule has 0 aliphatic rings. The largest absolute Gasteiger partial charge is 0.369 e. The van der Waals surface area contributed by atoms with E-state index in [0.29, 0.717) is 22.9 Å². The summed E-state index contributed by atoms with van der Waals surface area (Å²) in [6.45, 7) is 9.67. The molecule has 1 aromatic rings. The Morgan fingerprint density at radius 3 is 2.58 bits per heavy atom. The predicted octanol–water partition coefficient (Wildman–Crippen LogP) is 3.28. The highest BCUT2D eigenvalue weighted by atomic mass is 35.5. The first kappa shape index (κ1) is 15.8. The summed E-state index contributed by atoms with van der Waals surface area (Å²) in [5, 5.41) is 3.51. The zero-order valence-electron chi connectivity index (χ0n) is 12.2. The molecule has 1 rings (SSSR count). The number of hydrogen-bond acceptors (Lipinski definition) is 3. The molecule has 1 amide bonds. The Hall–Kier alpha value is -1.29. The maximum Gasteiger partial charge on any atom is 0.255 e. The molecule has 0 radical (unpaired) electrons. The van der Waals surface area contributed by atoms with E-state index < -0.39 is 0 Å². The number of nitrogens with zero attached hydrogens (tertiary/aromatic N) is 2. The van der Waals surface area contributed by atoms with Gasteiger partial charge in [0.2, 0.25) is 0 Å². The van der Waals surface area contributed by atoms with E-state index >= 15 is 0 Å². The lowest BCUT2D eigenvalue weighted by atomic mass is 9.96. The minimum absolute atomic E-state index is 0.0609. The van der Waals surface area contributed by atoms with Crippen LogP contribution in [0.2, 0.25) is 5.02 Å². The molecule has 4 nitrogen and oxygen atoms in total. The normalized spacial score (nSPS) is 11.3. The SMILES string of the molecule is CCNc1ncc(C(=O)N(C)CC(C)(C)C)cc1Cl. The molecule has 5 heteroatoms. The summed E-state index contributed by atoms with van der Waals surface area (Å²) in [7, 11) is 1.79. The van der Waals surface area contributed by atoms with E-state index in [2.05, 4.69) is 31.1 Å². The molecule has 0 aliphatic heterocycles. The van der Waals surface area contributed by atoms with Gasteiger partial charge in [0.15, 0.2) is 0 Å². The van der Waals surface area contributed by atoms with Crippen LogP contribution in [0.15, 0.2) is 12.3 Å². The Morgan fingerprint density at radius 2 is 2.11 bits per heavy atom. The summed E-state index contributed by atoms with van der Waals surface area (Å²) in [6, 6.07) is 1.66. The first-order valence-electron chi connectivity index (χ1n) is 6.39. The van der Waals surface area contributed by atoms with Crippen molar-refractivity contribution in [3.63, 3.8) is 0 Å². The second kappa shape index (κ2) is 6.24. The van der Waals surface area contributed by atoms with Gasteiger partial charge in [-0.3, -0.25) is 4.79 Å². The highest BCUT2D eigenvalue weighted by Gasteiger charge is 2.19. The van der Waals surface area contributed by atoms with Crippen LogP contribution in [0.4, 0.5) is 5.82 Å². The van der Waals surface area contributed by atoms with Crippen LogP contribution >= 0.6 is 11.6 Å². The number of rotatable bonds is 4. The third kappa shape index (κ3) is 4.71. The van der Waals surface area contributed by atoms with E-state index in [0.717, 1.165) is 6.54 Å². The van der Waals surface area contributed by atoms with Crippen molar-refractivity contribution in [1.82, 2.24) is 9.88 Å². The highest BCUT2D eigenvalue weighted by molar-refractivity contribution is 6.33. The van der Waals surface area contributed by atoms with Crippen LogP contribution in [0.3, 0.4) is 0 Å². The van der Waals surface area contributed by atoms with Gasteiger partial charge in [-0.05, 0) is 18.4 Å².